The minimum Gasteiger partial charge on any atom is -0.384 e. The zero-order valence-electron chi connectivity index (χ0n) is 22.0. The van der Waals surface area contributed by atoms with E-state index in [0.717, 1.165) is 37.0 Å². The van der Waals surface area contributed by atoms with Crippen LogP contribution in [0.15, 0.2) is 61.1 Å². The van der Waals surface area contributed by atoms with Gasteiger partial charge in [-0.2, -0.15) is 13.2 Å². The lowest BCUT2D eigenvalue weighted by Crippen LogP contribution is -2.45. The molecular formula is C29H32F3N5O3. The van der Waals surface area contributed by atoms with Crippen LogP contribution in [0.5, 0.6) is 0 Å². The van der Waals surface area contributed by atoms with Crippen LogP contribution in [0.2, 0.25) is 0 Å². The average Bonchev–Trinajstić information content (AvgIpc) is 3.43. The first-order chi connectivity index (χ1) is 19.2. The molecule has 1 aliphatic heterocycles. The average molecular weight is 556 g/mol. The maximum Gasteiger partial charge on any atom is 0.416 e. The minimum atomic E-state index is -4.38. The summed E-state index contributed by atoms with van der Waals surface area (Å²) < 4.78 is 43.5. The molecule has 5 rings (SSSR count). The first-order valence-electron chi connectivity index (χ1n) is 13.4. The van der Waals surface area contributed by atoms with Gasteiger partial charge in [0.05, 0.1) is 17.9 Å². The number of amides is 1. The van der Waals surface area contributed by atoms with Gasteiger partial charge in [-0.25, -0.2) is 9.97 Å². The molecule has 3 heterocycles. The Kier molecular flexibility index (Phi) is 8.43. The highest BCUT2D eigenvalue weighted by atomic mass is 19.4. The molecular weight excluding hydrogens is 523 g/mol. The fourth-order valence-electron chi connectivity index (χ4n) is 5.36. The number of carbonyl (C=O) groups is 1. The van der Waals surface area contributed by atoms with Gasteiger partial charge in [-0.3, -0.25) is 9.78 Å². The predicted molar refractivity (Wildman–Crippen MR) is 141 cm³/mol. The van der Waals surface area contributed by atoms with Crippen molar-refractivity contribution in [3.8, 4) is 11.4 Å². The summed E-state index contributed by atoms with van der Waals surface area (Å²) >= 11 is 0. The van der Waals surface area contributed by atoms with Crippen molar-refractivity contribution in [1.29, 1.82) is 0 Å². The molecule has 0 radical (unpaired) electrons. The lowest BCUT2D eigenvalue weighted by Gasteiger charge is -2.37. The molecule has 3 aromatic rings. The summed E-state index contributed by atoms with van der Waals surface area (Å²) in [6, 6.07) is 10.6. The number of aliphatic hydroxyl groups is 1. The zero-order valence-corrected chi connectivity index (χ0v) is 22.0. The van der Waals surface area contributed by atoms with E-state index in [2.05, 4.69) is 20.3 Å². The topological polar surface area (TPSA) is 100 Å². The molecule has 1 aliphatic carbocycles. The van der Waals surface area contributed by atoms with Gasteiger partial charge in [0.25, 0.3) is 0 Å². The second-order valence-corrected chi connectivity index (χ2v) is 10.5. The lowest BCUT2D eigenvalue weighted by molar-refractivity contribution is -0.137. The van der Waals surface area contributed by atoms with Crippen molar-refractivity contribution < 1.29 is 27.8 Å². The molecule has 0 unspecified atom stereocenters. The highest BCUT2D eigenvalue weighted by molar-refractivity contribution is 5.77. The van der Waals surface area contributed by atoms with Gasteiger partial charge in [0.15, 0.2) is 5.82 Å². The Bertz CT molecular complexity index is 1260. The number of ether oxygens (including phenoxy) is 1. The van der Waals surface area contributed by atoms with Crippen LogP contribution in [-0.2, 0) is 27.9 Å². The number of nitrogens with zero attached hydrogens (tertiary/aromatic N) is 4. The minimum absolute atomic E-state index is 0.0714. The van der Waals surface area contributed by atoms with Gasteiger partial charge >= 0.3 is 6.18 Å². The number of halogens is 3. The Balaban J connectivity index is 1.03. The maximum absolute atomic E-state index is 12.7. The largest absolute Gasteiger partial charge is 0.416 e. The SMILES string of the molecule is O=C(COCc1ccc(C(F)(F)F)cc1)N1CC[C@H](NC2CCC(O)(c3ccc(-c4ncccn4)cn3)CC2)C1. The summed E-state index contributed by atoms with van der Waals surface area (Å²) in [5, 5.41) is 14.9. The molecule has 1 saturated heterocycles. The molecule has 1 aromatic carbocycles. The third kappa shape index (κ3) is 6.83. The second kappa shape index (κ2) is 12.0. The normalized spacial score (nSPS) is 23.4. The number of carbonyl (C=O) groups excluding carboxylic acids is 1. The quantitative estimate of drug-likeness (QED) is 0.432. The number of nitrogens with one attached hydrogen (secondary N) is 1. The predicted octanol–water partition coefficient (Wildman–Crippen LogP) is 4.09. The van der Waals surface area contributed by atoms with Gasteiger partial charge in [0.2, 0.25) is 5.91 Å². The number of benzene rings is 1. The highest BCUT2D eigenvalue weighted by Crippen LogP contribution is 2.37. The highest BCUT2D eigenvalue weighted by Gasteiger charge is 2.37. The second-order valence-electron chi connectivity index (χ2n) is 10.5. The molecule has 1 atom stereocenters. The van der Waals surface area contributed by atoms with E-state index >= 15 is 0 Å². The van der Waals surface area contributed by atoms with E-state index in [1.165, 1.54) is 12.1 Å². The van der Waals surface area contributed by atoms with Crippen LogP contribution in [0.4, 0.5) is 13.2 Å². The molecule has 11 heteroatoms. The molecule has 0 bridgehead atoms. The third-order valence-corrected chi connectivity index (χ3v) is 7.66. The molecule has 1 amide bonds. The molecule has 2 aromatic heterocycles. The Morgan fingerprint density at radius 3 is 2.40 bits per heavy atom. The van der Waals surface area contributed by atoms with Crippen LogP contribution in [0, 0.1) is 0 Å². The fraction of sp³-hybridized carbons (Fsp3) is 0.448. The molecule has 1 saturated carbocycles. The van der Waals surface area contributed by atoms with E-state index < -0.39 is 17.3 Å². The van der Waals surface area contributed by atoms with E-state index in [1.54, 1.807) is 29.6 Å². The first-order valence-corrected chi connectivity index (χ1v) is 13.4. The van der Waals surface area contributed by atoms with Crippen molar-refractivity contribution in [2.75, 3.05) is 19.7 Å². The number of aromatic nitrogens is 3. The lowest BCUT2D eigenvalue weighted by atomic mass is 9.79. The first kappa shape index (κ1) is 28.1. The molecule has 2 N–H and O–H groups in total. The molecule has 0 spiro atoms. The summed E-state index contributed by atoms with van der Waals surface area (Å²) in [6.45, 7) is 1.15. The molecule has 2 aliphatic rings. The van der Waals surface area contributed by atoms with Crippen molar-refractivity contribution in [3.63, 3.8) is 0 Å². The molecule has 212 valence electrons. The van der Waals surface area contributed by atoms with Gasteiger partial charge in [0, 0.05) is 49.3 Å². The standard InChI is InChI=1S/C29H32F3N5O3/c30-29(31,32)22-5-2-20(3-6-22)18-40-19-26(38)37-15-10-24(17-37)36-23-8-11-28(39,12-9-23)25-7-4-21(16-35-25)27-33-13-1-14-34-27/h1-7,13-14,16,23-24,36,39H,8-12,15,17-19H2/t23?,24-,28?/m0/s1. The van der Waals surface area contributed by atoms with E-state index in [0.29, 0.717) is 43.0 Å². The number of pyridine rings is 1. The van der Waals surface area contributed by atoms with E-state index in [4.69, 9.17) is 4.74 Å². The van der Waals surface area contributed by atoms with Crippen molar-refractivity contribution in [2.45, 2.75) is 62.6 Å². The summed E-state index contributed by atoms with van der Waals surface area (Å²) in [7, 11) is 0. The summed E-state index contributed by atoms with van der Waals surface area (Å²) in [4.78, 5) is 27.3. The van der Waals surface area contributed by atoms with Crippen molar-refractivity contribution in [1.82, 2.24) is 25.2 Å². The Morgan fingerprint density at radius 2 is 1.75 bits per heavy atom. The molecule has 8 nitrogen and oxygen atoms in total. The van der Waals surface area contributed by atoms with Crippen LogP contribution in [0.25, 0.3) is 11.4 Å². The van der Waals surface area contributed by atoms with E-state index in [9.17, 15) is 23.1 Å². The van der Waals surface area contributed by atoms with Crippen molar-refractivity contribution in [2.24, 2.45) is 0 Å². The zero-order chi connectivity index (χ0) is 28.2. The Morgan fingerprint density at radius 1 is 1.02 bits per heavy atom. The number of likely N-dealkylation sites (tertiary alicyclic amines) is 1. The van der Waals surface area contributed by atoms with Crippen LogP contribution in [-0.4, -0.2) is 62.6 Å². The van der Waals surface area contributed by atoms with Gasteiger partial charge in [0.1, 0.15) is 12.2 Å². The van der Waals surface area contributed by atoms with Gasteiger partial charge in [-0.05, 0) is 68.0 Å². The van der Waals surface area contributed by atoms with E-state index in [1.807, 2.05) is 12.1 Å². The number of hydrogen-bond acceptors (Lipinski definition) is 7. The maximum atomic E-state index is 12.7. The van der Waals surface area contributed by atoms with E-state index in [-0.39, 0.29) is 31.2 Å². The summed E-state index contributed by atoms with van der Waals surface area (Å²) in [5.41, 5.74) is 0.343. The van der Waals surface area contributed by atoms with Crippen LogP contribution in [0.1, 0.15) is 48.9 Å². The third-order valence-electron chi connectivity index (χ3n) is 7.66. The van der Waals surface area contributed by atoms with Gasteiger partial charge in [-0.15, -0.1) is 0 Å². The Hall–Kier alpha value is -3.41. The van der Waals surface area contributed by atoms with Crippen molar-refractivity contribution in [3.05, 3.63) is 77.9 Å². The van der Waals surface area contributed by atoms with Crippen molar-refractivity contribution >= 4 is 5.91 Å². The molecule has 2 fully saturated rings. The monoisotopic (exact) mass is 555 g/mol. The number of rotatable bonds is 8. The molecule has 40 heavy (non-hydrogen) atoms. The number of hydrogen-bond donors (Lipinski definition) is 2. The smallest absolute Gasteiger partial charge is 0.384 e. The number of alkyl halides is 3. The Labute approximate surface area is 230 Å². The summed E-state index contributed by atoms with van der Waals surface area (Å²) in [5.74, 6) is 0.459. The van der Waals surface area contributed by atoms with Gasteiger partial charge in [-0.1, -0.05) is 12.1 Å². The van der Waals surface area contributed by atoms with Gasteiger partial charge < -0.3 is 20.1 Å². The van der Waals surface area contributed by atoms with Crippen LogP contribution >= 0.6 is 0 Å². The summed E-state index contributed by atoms with van der Waals surface area (Å²) in [6.07, 6.45) is 4.27. The van der Waals surface area contributed by atoms with Crippen LogP contribution < -0.4 is 5.32 Å². The van der Waals surface area contributed by atoms with Crippen LogP contribution in [0.3, 0.4) is 0 Å². The fourth-order valence-corrected chi connectivity index (χ4v) is 5.36.